The molecule has 3 N–H and O–H groups in total. The van der Waals surface area contributed by atoms with Crippen molar-refractivity contribution < 1.29 is 14.7 Å². The highest BCUT2D eigenvalue weighted by atomic mass is 16.3. The normalized spacial score (nSPS) is 13.7. The second-order valence-corrected chi connectivity index (χ2v) is 6.88. The van der Waals surface area contributed by atoms with Gasteiger partial charge in [-0.2, -0.15) is 0 Å². The van der Waals surface area contributed by atoms with Crippen LogP contribution in [0.3, 0.4) is 0 Å². The van der Waals surface area contributed by atoms with Gasteiger partial charge in [0.15, 0.2) is 0 Å². The van der Waals surface area contributed by atoms with Crippen LogP contribution in [0.25, 0.3) is 0 Å². The molecule has 0 spiro atoms. The Labute approximate surface area is 144 Å². The Bertz CT molecular complexity index is 555. The Kier molecular flexibility index (Phi) is 7.92. The van der Waals surface area contributed by atoms with E-state index in [4.69, 9.17) is 5.11 Å². The quantitative estimate of drug-likeness (QED) is 0.682. The number of nitrogens with one attached hydrogen (secondary N) is 2. The number of carbonyl (C=O) groups excluding carboxylic acids is 2. The molecule has 2 amide bonds. The third-order valence-corrected chi connectivity index (χ3v) is 4.20. The number of hydrogen-bond acceptors (Lipinski definition) is 3. The van der Waals surface area contributed by atoms with Gasteiger partial charge in [0, 0.05) is 18.2 Å². The molecule has 0 saturated carbocycles. The van der Waals surface area contributed by atoms with Gasteiger partial charge in [0.25, 0.3) is 5.91 Å². The molecule has 134 valence electrons. The molecule has 2 atom stereocenters. The molecule has 1 aromatic carbocycles. The third kappa shape index (κ3) is 5.64. The number of hydrogen-bond donors (Lipinski definition) is 3. The molecule has 0 aliphatic heterocycles. The topological polar surface area (TPSA) is 78.4 Å². The molecule has 5 nitrogen and oxygen atoms in total. The number of rotatable bonds is 8. The van der Waals surface area contributed by atoms with Crippen LogP contribution in [0.5, 0.6) is 0 Å². The molecule has 0 aliphatic carbocycles. The van der Waals surface area contributed by atoms with E-state index in [0.29, 0.717) is 12.0 Å². The molecule has 0 fully saturated rings. The fraction of sp³-hybridized carbons (Fsp3) is 0.579. The van der Waals surface area contributed by atoms with Crippen molar-refractivity contribution in [2.45, 2.75) is 53.1 Å². The first-order valence-electron chi connectivity index (χ1n) is 8.55. The summed E-state index contributed by atoms with van der Waals surface area (Å²) in [5, 5.41) is 15.0. The minimum atomic E-state index is -0.614. The van der Waals surface area contributed by atoms with Gasteiger partial charge in [-0.15, -0.1) is 0 Å². The van der Waals surface area contributed by atoms with Gasteiger partial charge in [-0.25, -0.2) is 0 Å². The lowest BCUT2D eigenvalue weighted by molar-refractivity contribution is -0.125. The number of benzene rings is 1. The zero-order valence-electron chi connectivity index (χ0n) is 15.3. The first-order chi connectivity index (χ1) is 11.3. The summed E-state index contributed by atoms with van der Waals surface area (Å²) in [6.45, 7) is 9.69. The van der Waals surface area contributed by atoms with Crippen LogP contribution < -0.4 is 10.6 Å². The fourth-order valence-corrected chi connectivity index (χ4v) is 2.57. The summed E-state index contributed by atoms with van der Waals surface area (Å²) in [5.74, 6) is -0.287. The lowest BCUT2D eigenvalue weighted by Gasteiger charge is -2.27. The van der Waals surface area contributed by atoms with E-state index in [2.05, 4.69) is 10.6 Å². The lowest BCUT2D eigenvalue weighted by atomic mass is 9.98. The van der Waals surface area contributed by atoms with Crippen molar-refractivity contribution in [1.82, 2.24) is 10.6 Å². The predicted molar refractivity (Wildman–Crippen MR) is 95.7 cm³/mol. The molecular formula is C19H30N2O3. The summed E-state index contributed by atoms with van der Waals surface area (Å²) in [6.07, 6.45) is 0.500. The standard InChI is InChI=1S/C19H30N2O3/c1-12(2)16(10-11-22)20-19(24)17(13(3)4)21-18(23)15-9-7-6-8-14(15)5/h6-9,12-13,16-17,22H,10-11H2,1-5H3,(H,20,24)(H,21,23). The molecule has 0 heterocycles. The van der Waals surface area contributed by atoms with Crippen LogP contribution in [0.15, 0.2) is 24.3 Å². The number of carbonyl (C=O) groups is 2. The van der Waals surface area contributed by atoms with Gasteiger partial charge in [-0.05, 0) is 36.8 Å². The van der Waals surface area contributed by atoms with Crippen molar-refractivity contribution in [2.24, 2.45) is 11.8 Å². The van der Waals surface area contributed by atoms with Crippen LogP contribution in [0, 0.1) is 18.8 Å². The zero-order chi connectivity index (χ0) is 18.3. The highest BCUT2D eigenvalue weighted by Gasteiger charge is 2.27. The van der Waals surface area contributed by atoms with E-state index in [1.54, 1.807) is 6.07 Å². The zero-order valence-corrected chi connectivity index (χ0v) is 15.3. The van der Waals surface area contributed by atoms with Gasteiger partial charge < -0.3 is 15.7 Å². The maximum Gasteiger partial charge on any atom is 0.252 e. The monoisotopic (exact) mass is 334 g/mol. The second kappa shape index (κ2) is 9.42. The van der Waals surface area contributed by atoms with E-state index in [1.807, 2.05) is 52.8 Å². The first kappa shape index (κ1) is 20.2. The van der Waals surface area contributed by atoms with Gasteiger partial charge in [0.1, 0.15) is 6.04 Å². The van der Waals surface area contributed by atoms with Gasteiger partial charge in [-0.3, -0.25) is 9.59 Å². The van der Waals surface area contributed by atoms with Gasteiger partial charge in [0.2, 0.25) is 5.91 Å². The lowest BCUT2D eigenvalue weighted by Crippen LogP contribution is -2.53. The Morgan fingerprint density at radius 1 is 1.04 bits per heavy atom. The summed E-state index contributed by atoms with van der Waals surface area (Å²) < 4.78 is 0. The van der Waals surface area contributed by atoms with Crippen LogP contribution in [-0.4, -0.2) is 35.6 Å². The van der Waals surface area contributed by atoms with Crippen molar-refractivity contribution >= 4 is 11.8 Å². The molecule has 24 heavy (non-hydrogen) atoms. The Hall–Kier alpha value is -1.88. The maximum atomic E-state index is 12.6. The van der Waals surface area contributed by atoms with E-state index in [1.165, 1.54) is 0 Å². The summed E-state index contributed by atoms with van der Waals surface area (Å²) in [5.41, 5.74) is 1.45. The summed E-state index contributed by atoms with van der Waals surface area (Å²) in [7, 11) is 0. The largest absolute Gasteiger partial charge is 0.396 e. The van der Waals surface area contributed by atoms with Crippen LogP contribution in [0.4, 0.5) is 0 Å². The average Bonchev–Trinajstić information content (AvgIpc) is 2.51. The minimum Gasteiger partial charge on any atom is -0.396 e. The molecular weight excluding hydrogens is 304 g/mol. The summed E-state index contributed by atoms with van der Waals surface area (Å²) in [6, 6.07) is 6.58. The van der Waals surface area contributed by atoms with E-state index in [-0.39, 0.29) is 36.3 Å². The minimum absolute atomic E-state index is 0.0189. The second-order valence-electron chi connectivity index (χ2n) is 6.88. The Morgan fingerprint density at radius 2 is 1.67 bits per heavy atom. The van der Waals surface area contributed by atoms with Crippen LogP contribution >= 0.6 is 0 Å². The smallest absolute Gasteiger partial charge is 0.252 e. The van der Waals surface area contributed by atoms with Crippen molar-refractivity contribution in [3.05, 3.63) is 35.4 Å². The van der Waals surface area contributed by atoms with Crippen molar-refractivity contribution in [1.29, 1.82) is 0 Å². The van der Waals surface area contributed by atoms with Crippen LogP contribution in [0.2, 0.25) is 0 Å². The molecule has 0 bridgehead atoms. The van der Waals surface area contributed by atoms with E-state index < -0.39 is 6.04 Å². The molecule has 2 unspecified atom stereocenters. The molecule has 1 rings (SSSR count). The molecule has 0 aliphatic rings. The van der Waals surface area contributed by atoms with E-state index in [9.17, 15) is 9.59 Å². The van der Waals surface area contributed by atoms with Crippen molar-refractivity contribution in [3.8, 4) is 0 Å². The number of aliphatic hydroxyl groups is 1. The molecule has 5 heteroatoms. The third-order valence-electron chi connectivity index (χ3n) is 4.20. The SMILES string of the molecule is Cc1ccccc1C(=O)NC(C(=O)NC(CCO)C(C)C)C(C)C. The van der Waals surface area contributed by atoms with Crippen LogP contribution in [-0.2, 0) is 4.79 Å². The van der Waals surface area contributed by atoms with E-state index >= 15 is 0 Å². The maximum absolute atomic E-state index is 12.6. The summed E-state index contributed by atoms with van der Waals surface area (Å²) >= 11 is 0. The van der Waals surface area contributed by atoms with Crippen molar-refractivity contribution in [3.63, 3.8) is 0 Å². The van der Waals surface area contributed by atoms with Crippen LogP contribution in [0.1, 0.15) is 50.0 Å². The first-order valence-corrected chi connectivity index (χ1v) is 8.55. The average molecular weight is 334 g/mol. The molecule has 0 aromatic heterocycles. The van der Waals surface area contributed by atoms with Crippen molar-refractivity contribution in [2.75, 3.05) is 6.61 Å². The van der Waals surface area contributed by atoms with E-state index in [0.717, 1.165) is 5.56 Å². The number of amides is 2. The Balaban J connectivity index is 2.85. The fourth-order valence-electron chi connectivity index (χ4n) is 2.57. The predicted octanol–water partition coefficient (Wildman–Crippen LogP) is 2.27. The highest BCUT2D eigenvalue weighted by molar-refractivity contribution is 5.98. The molecule has 0 saturated heterocycles. The summed E-state index contributed by atoms with van der Waals surface area (Å²) in [4.78, 5) is 25.1. The van der Waals surface area contributed by atoms with Gasteiger partial charge in [0.05, 0.1) is 0 Å². The van der Waals surface area contributed by atoms with Gasteiger partial charge in [-0.1, -0.05) is 45.9 Å². The molecule has 1 aromatic rings. The highest BCUT2D eigenvalue weighted by Crippen LogP contribution is 2.11. The van der Waals surface area contributed by atoms with Gasteiger partial charge >= 0.3 is 0 Å². The molecule has 0 radical (unpaired) electrons. The number of aryl methyl sites for hydroxylation is 1. The Morgan fingerprint density at radius 3 is 2.17 bits per heavy atom. The number of aliphatic hydroxyl groups excluding tert-OH is 1.